The quantitative estimate of drug-likeness (QED) is 0.749. The lowest BCUT2D eigenvalue weighted by molar-refractivity contribution is 0.267. The van der Waals surface area contributed by atoms with Gasteiger partial charge in [-0.05, 0) is 66.6 Å². The summed E-state index contributed by atoms with van der Waals surface area (Å²) in [7, 11) is 0. The third-order valence-corrected chi connectivity index (χ3v) is 5.86. The molecule has 1 fully saturated rings. The lowest BCUT2D eigenvalue weighted by Crippen LogP contribution is -2.34. The predicted octanol–water partition coefficient (Wildman–Crippen LogP) is 5.52. The lowest BCUT2D eigenvalue weighted by atomic mass is 9.83. The van der Waals surface area contributed by atoms with Crippen LogP contribution in [0.2, 0.25) is 0 Å². The minimum atomic E-state index is 0.494. The molecule has 1 unspecified atom stereocenters. The van der Waals surface area contributed by atoms with Crippen molar-refractivity contribution in [2.24, 2.45) is 5.92 Å². The molecule has 0 bridgehead atoms. The predicted molar refractivity (Wildman–Crippen MR) is 84.2 cm³/mol. The van der Waals surface area contributed by atoms with E-state index in [-0.39, 0.29) is 0 Å². The lowest BCUT2D eigenvalue weighted by Gasteiger charge is -2.31. The number of nitrogens with one attached hydrogen (secondary N) is 1. The van der Waals surface area contributed by atoms with Crippen molar-refractivity contribution in [2.75, 3.05) is 0 Å². The second-order valence-corrected chi connectivity index (χ2v) is 8.03. The standard InChI is InChI=1S/C15H24BrNS/c1-3-4-12-5-7-13(8-6-12)17-11(2)14-9-10-15(16)18-14/h9-13,17H,3-8H2,1-2H3. The Kier molecular flexibility index (Phi) is 5.71. The van der Waals surface area contributed by atoms with E-state index < -0.39 is 0 Å². The van der Waals surface area contributed by atoms with Crippen molar-refractivity contribution >= 4 is 27.3 Å². The van der Waals surface area contributed by atoms with E-state index in [9.17, 15) is 0 Å². The molecule has 1 nitrogen and oxygen atoms in total. The fourth-order valence-electron chi connectivity index (χ4n) is 3.02. The summed E-state index contributed by atoms with van der Waals surface area (Å²) in [4.78, 5) is 1.44. The maximum atomic E-state index is 3.80. The van der Waals surface area contributed by atoms with Gasteiger partial charge in [0.1, 0.15) is 0 Å². The van der Waals surface area contributed by atoms with Crippen LogP contribution in [0.4, 0.5) is 0 Å². The molecule has 102 valence electrons. The van der Waals surface area contributed by atoms with Gasteiger partial charge in [-0.1, -0.05) is 19.8 Å². The van der Waals surface area contributed by atoms with Gasteiger partial charge in [0.05, 0.1) is 3.79 Å². The van der Waals surface area contributed by atoms with E-state index in [4.69, 9.17) is 0 Å². The van der Waals surface area contributed by atoms with E-state index in [1.807, 2.05) is 11.3 Å². The first-order chi connectivity index (χ1) is 8.69. The summed E-state index contributed by atoms with van der Waals surface area (Å²) < 4.78 is 1.23. The minimum Gasteiger partial charge on any atom is -0.307 e. The molecule has 1 saturated carbocycles. The van der Waals surface area contributed by atoms with Crippen LogP contribution in [-0.4, -0.2) is 6.04 Å². The van der Waals surface area contributed by atoms with Crippen LogP contribution in [0, 0.1) is 5.92 Å². The zero-order chi connectivity index (χ0) is 13.0. The summed E-state index contributed by atoms with van der Waals surface area (Å²) in [5.41, 5.74) is 0. The topological polar surface area (TPSA) is 12.0 Å². The second-order valence-electron chi connectivity index (χ2n) is 5.54. The van der Waals surface area contributed by atoms with E-state index >= 15 is 0 Å². The fourth-order valence-corrected chi connectivity index (χ4v) is 4.46. The molecule has 18 heavy (non-hydrogen) atoms. The van der Waals surface area contributed by atoms with Gasteiger partial charge in [-0.15, -0.1) is 11.3 Å². The highest BCUT2D eigenvalue weighted by Crippen LogP contribution is 2.31. The third-order valence-electron chi connectivity index (χ3n) is 4.05. The summed E-state index contributed by atoms with van der Waals surface area (Å²) >= 11 is 5.39. The maximum absolute atomic E-state index is 3.80. The average molecular weight is 330 g/mol. The molecule has 0 aliphatic heterocycles. The van der Waals surface area contributed by atoms with Crippen molar-refractivity contribution in [1.29, 1.82) is 0 Å². The first-order valence-electron chi connectivity index (χ1n) is 7.20. The number of hydrogen-bond acceptors (Lipinski definition) is 2. The van der Waals surface area contributed by atoms with Gasteiger partial charge in [0.25, 0.3) is 0 Å². The molecule has 1 aliphatic carbocycles. The van der Waals surface area contributed by atoms with Gasteiger partial charge in [-0.25, -0.2) is 0 Å². The van der Waals surface area contributed by atoms with Crippen LogP contribution in [0.5, 0.6) is 0 Å². The van der Waals surface area contributed by atoms with Gasteiger partial charge in [0.15, 0.2) is 0 Å². The molecule has 1 aliphatic rings. The summed E-state index contributed by atoms with van der Waals surface area (Å²) in [6, 6.07) is 5.61. The molecule has 0 saturated heterocycles. The van der Waals surface area contributed by atoms with Crippen LogP contribution < -0.4 is 5.32 Å². The Labute approximate surface area is 123 Å². The Morgan fingerprint density at radius 1 is 1.33 bits per heavy atom. The molecule has 1 aromatic rings. The minimum absolute atomic E-state index is 0.494. The molecule has 2 rings (SSSR count). The van der Waals surface area contributed by atoms with Gasteiger partial charge in [-0.2, -0.15) is 0 Å². The van der Waals surface area contributed by atoms with Gasteiger partial charge < -0.3 is 5.32 Å². The smallest absolute Gasteiger partial charge is 0.0701 e. The first-order valence-corrected chi connectivity index (χ1v) is 8.81. The van der Waals surface area contributed by atoms with E-state index in [2.05, 4.69) is 47.2 Å². The average Bonchev–Trinajstić information content (AvgIpc) is 2.79. The first kappa shape index (κ1) is 14.5. The molecule has 1 aromatic heterocycles. The summed E-state index contributed by atoms with van der Waals surface area (Å²) in [6.07, 6.45) is 8.35. The highest BCUT2D eigenvalue weighted by atomic mass is 79.9. The Hall–Kier alpha value is 0.140. The number of thiophene rings is 1. The van der Waals surface area contributed by atoms with Crippen molar-refractivity contribution in [3.8, 4) is 0 Å². The summed E-state index contributed by atoms with van der Waals surface area (Å²) in [5, 5.41) is 3.80. The maximum Gasteiger partial charge on any atom is 0.0701 e. The third kappa shape index (κ3) is 4.07. The Balaban J connectivity index is 1.77. The summed E-state index contributed by atoms with van der Waals surface area (Å²) in [6.45, 7) is 4.59. The zero-order valence-corrected chi connectivity index (χ0v) is 13.8. The van der Waals surface area contributed by atoms with Crippen molar-refractivity contribution in [2.45, 2.75) is 64.5 Å². The van der Waals surface area contributed by atoms with Gasteiger partial charge in [-0.3, -0.25) is 0 Å². The van der Waals surface area contributed by atoms with E-state index in [1.54, 1.807) is 0 Å². The van der Waals surface area contributed by atoms with Gasteiger partial charge in [0, 0.05) is 17.0 Å². The van der Waals surface area contributed by atoms with Crippen LogP contribution in [0.15, 0.2) is 15.9 Å². The number of halogens is 1. The molecule has 1 N–H and O–H groups in total. The van der Waals surface area contributed by atoms with Gasteiger partial charge in [0.2, 0.25) is 0 Å². The van der Waals surface area contributed by atoms with Crippen LogP contribution in [0.1, 0.15) is 63.3 Å². The van der Waals surface area contributed by atoms with Gasteiger partial charge >= 0.3 is 0 Å². The van der Waals surface area contributed by atoms with Crippen molar-refractivity contribution in [3.63, 3.8) is 0 Å². The molecule has 0 aromatic carbocycles. The van der Waals surface area contributed by atoms with Crippen molar-refractivity contribution < 1.29 is 0 Å². The molecule has 0 amide bonds. The van der Waals surface area contributed by atoms with Crippen molar-refractivity contribution in [3.05, 3.63) is 20.8 Å². The summed E-state index contributed by atoms with van der Waals surface area (Å²) in [5.74, 6) is 0.999. The largest absolute Gasteiger partial charge is 0.307 e. The SMILES string of the molecule is CCCC1CCC(NC(C)c2ccc(Br)s2)CC1. The van der Waals surface area contributed by atoms with Crippen LogP contribution in [-0.2, 0) is 0 Å². The Bertz CT molecular complexity index is 355. The molecule has 1 atom stereocenters. The Morgan fingerprint density at radius 2 is 2.06 bits per heavy atom. The van der Waals surface area contributed by atoms with Crippen LogP contribution in [0.25, 0.3) is 0 Å². The highest BCUT2D eigenvalue weighted by molar-refractivity contribution is 9.11. The normalized spacial score (nSPS) is 26.2. The molecular weight excluding hydrogens is 306 g/mol. The monoisotopic (exact) mass is 329 g/mol. The highest BCUT2D eigenvalue weighted by Gasteiger charge is 2.22. The second kappa shape index (κ2) is 7.06. The molecular formula is C15H24BrNS. The zero-order valence-electron chi connectivity index (χ0n) is 11.4. The van der Waals surface area contributed by atoms with Crippen molar-refractivity contribution in [1.82, 2.24) is 5.32 Å². The molecule has 1 heterocycles. The number of rotatable bonds is 5. The molecule has 3 heteroatoms. The Morgan fingerprint density at radius 3 is 2.61 bits per heavy atom. The van der Waals surface area contributed by atoms with Crippen LogP contribution in [0.3, 0.4) is 0 Å². The van der Waals surface area contributed by atoms with E-state index in [0.717, 1.165) is 12.0 Å². The van der Waals surface area contributed by atoms with E-state index in [1.165, 1.54) is 47.2 Å². The van der Waals surface area contributed by atoms with E-state index in [0.29, 0.717) is 6.04 Å². The van der Waals surface area contributed by atoms with Crippen LogP contribution >= 0.6 is 27.3 Å². The molecule has 0 spiro atoms. The molecule has 0 radical (unpaired) electrons. The number of hydrogen-bond donors (Lipinski definition) is 1. The fraction of sp³-hybridized carbons (Fsp3) is 0.733.